The van der Waals surface area contributed by atoms with Gasteiger partial charge >= 0.3 is 0 Å². The quantitative estimate of drug-likeness (QED) is 0.691. The van der Waals surface area contributed by atoms with E-state index in [-0.39, 0.29) is 31.3 Å². The molecule has 1 aromatic rings. The third-order valence-electron chi connectivity index (χ3n) is 3.34. The summed E-state index contributed by atoms with van der Waals surface area (Å²) < 4.78 is 0. The molecule has 0 aromatic heterocycles. The van der Waals surface area contributed by atoms with Crippen molar-refractivity contribution < 1.29 is 14.4 Å². The number of aryl methyl sites for hydroxylation is 1. The SMILES string of the molecule is CC(CCc1ccccc1)CC(=O)N(CC(N)=O)CC(N)=O. The summed E-state index contributed by atoms with van der Waals surface area (Å²) in [5.74, 6) is -1.47. The molecule has 0 radical (unpaired) electrons. The fourth-order valence-electron chi connectivity index (χ4n) is 2.20. The van der Waals surface area contributed by atoms with Crippen LogP contribution in [0.2, 0.25) is 0 Å². The summed E-state index contributed by atoms with van der Waals surface area (Å²) in [5.41, 5.74) is 11.4. The fourth-order valence-corrected chi connectivity index (χ4v) is 2.20. The summed E-state index contributed by atoms with van der Waals surface area (Å²) in [5, 5.41) is 0. The van der Waals surface area contributed by atoms with Crippen LogP contribution in [0.25, 0.3) is 0 Å². The molecule has 0 bridgehead atoms. The lowest BCUT2D eigenvalue weighted by Gasteiger charge is -2.21. The van der Waals surface area contributed by atoms with Gasteiger partial charge in [-0.1, -0.05) is 37.3 Å². The van der Waals surface area contributed by atoms with Crippen molar-refractivity contribution in [2.24, 2.45) is 17.4 Å². The smallest absolute Gasteiger partial charge is 0.237 e. The number of carbonyl (C=O) groups excluding carboxylic acids is 3. The first-order valence-corrected chi connectivity index (χ1v) is 7.26. The number of nitrogens with two attached hydrogens (primary N) is 2. The number of rotatable bonds is 9. The van der Waals surface area contributed by atoms with E-state index in [2.05, 4.69) is 0 Å². The molecule has 0 saturated heterocycles. The second kappa shape index (κ2) is 8.81. The van der Waals surface area contributed by atoms with Gasteiger partial charge in [0.15, 0.2) is 0 Å². The molecule has 0 spiro atoms. The highest BCUT2D eigenvalue weighted by Gasteiger charge is 2.20. The van der Waals surface area contributed by atoms with Crippen molar-refractivity contribution in [2.75, 3.05) is 13.1 Å². The standard InChI is InChI=1S/C16H23N3O3/c1-12(7-8-13-5-3-2-4-6-13)9-16(22)19(10-14(17)20)11-15(18)21/h2-6,12H,7-11H2,1H3,(H2,17,20)(H2,18,21). The van der Waals surface area contributed by atoms with E-state index in [0.717, 1.165) is 17.7 Å². The van der Waals surface area contributed by atoms with E-state index < -0.39 is 11.8 Å². The molecular weight excluding hydrogens is 282 g/mol. The minimum atomic E-state index is -0.661. The Balaban J connectivity index is 2.49. The molecule has 0 aliphatic carbocycles. The molecule has 0 aliphatic heterocycles. The Kier molecular flexibility index (Phi) is 7.08. The highest BCUT2D eigenvalue weighted by molar-refractivity contribution is 5.88. The van der Waals surface area contributed by atoms with E-state index in [1.807, 2.05) is 37.3 Å². The van der Waals surface area contributed by atoms with E-state index >= 15 is 0 Å². The monoisotopic (exact) mass is 305 g/mol. The zero-order valence-electron chi connectivity index (χ0n) is 12.8. The maximum Gasteiger partial charge on any atom is 0.237 e. The van der Waals surface area contributed by atoms with Crippen LogP contribution in [-0.4, -0.2) is 35.7 Å². The maximum atomic E-state index is 12.1. The molecule has 4 N–H and O–H groups in total. The lowest BCUT2D eigenvalue weighted by atomic mass is 9.97. The number of amides is 3. The predicted molar refractivity (Wildman–Crippen MR) is 83.5 cm³/mol. The Morgan fingerprint density at radius 1 is 1.05 bits per heavy atom. The third-order valence-corrected chi connectivity index (χ3v) is 3.34. The number of benzene rings is 1. The van der Waals surface area contributed by atoms with Crippen LogP contribution in [0.15, 0.2) is 30.3 Å². The average molecular weight is 305 g/mol. The first kappa shape index (κ1) is 17.7. The second-order valence-electron chi connectivity index (χ2n) is 5.52. The van der Waals surface area contributed by atoms with Crippen molar-refractivity contribution in [1.82, 2.24) is 4.90 Å². The molecule has 1 atom stereocenters. The first-order chi connectivity index (χ1) is 10.4. The predicted octanol–water partition coefficient (Wildman–Crippen LogP) is 0.445. The van der Waals surface area contributed by atoms with Crippen LogP contribution >= 0.6 is 0 Å². The number of hydrogen-bond donors (Lipinski definition) is 2. The molecule has 1 rings (SSSR count). The summed E-state index contributed by atoms with van der Waals surface area (Å²) in [7, 11) is 0. The molecule has 0 fully saturated rings. The van der Waals surface area contributed by atoms with Gasteiger partial charge in [-0.3, -0.25) is 14.4 Å². The number of primary amides is 2. The van der Waals surface area contributed by atoms with Gasteiger partial charge in [0.25, 0.3) is 0 Å². The van der Waals surface area contributed by atoms with Crippen molar-refractivity contribution in [2.45, 2.75) is 26.2 Å². The van der Waals surface area contributed by atoms with Gasteiger partial charge in [0.1, 0.15) is 0 Å². The Morgan fingerprint density at radius 3 is 2.09 bits per heavy atom. The van der Waals surface area contributed by atoms with E-state index in [4.69, 9.17) is 11.5 Å². The van der Waals surface area contributed by atoms with Crippen molar-refractivity contribution >= 4 is 17.7 Å². The van der Waals surface area contributed by atoms with Crippen molar-refractivity contribution in [3.63, 3.8) is 0 Å². The molecule has 0 heterocycles. The topological polar surface area (TPSA) is 106 Å². The molecular formula is C16H23N3O3. The van der Waals surface area contributed by atoms with Gasteiger partial charge in [-0.15, -0.1) is 0 Å². The van der Waals surface area contributed by atoms with E-state index in [1.165, 1.54) is 5.56 Å². The van der Waals surface area contributed by atoms with Crippen LogP contribution in [0.1, 0.15) is 25.3 Å². The summed E-state index contributed by atoms with van der Waals surface area (Å²) in [6.07, 6.45) is 1.98. The van der Waals surface area contributed by atoms with Gasteiger partial charge in [0.05, 0.1) is 13.1 Å². The first-order valence-electron chi connectivity index (χ1n) is 7.26. The van der Waals surface area contributed by atoms with Gasteiger partial charge in [0.2, 0.25) is 17.7 Å². The van der Waals surface area contributed by atoms with Gasteiger partial charge in [-0.2, -0.15) is 0 Å². The van der Waals surface area contributed by atoms with E-state index in [1.54, 1.807) is 0 Å². The summed E-state index contributed by atoms with van der Waals surface area (Å²) >= 11 is 0. The van der Waals surface area contributed by atoms with E-state index in [0.29, 0.717) is 0 Å². The molecule has 1 unspecified atom stereocenters. The zero-order valence-corrected chi connectivity index (χ0v) is 12.8. The van der Waals surface area contributed by atoms with Crippen molar-refractivity contribution in [1.29, 1.82) is 0 Å². The molecule has 6 nitrogen and oxygen atoms in total. The number of hydrogen-bond acceptors (Lipinski definition) is 3. The summed E-state index contributed by atoms with van der Waals surface area (Å²) in [4.78, 5) is 35.2. The lowest BCUT2D eigenvalue weighted by Crippen LogP contribution is -2.43. The largest absolute Gasteiger partial charge is 0.368 e. The molecule has 0 saturated carbocycles. The minimum Gasteiger partial charge on any atom is -0.368 e. The summed E-state index contributed by atoms with van der Waals surface area (Å²) in [6, 6.07) is 10.0. The molecule has 3 amide bonds. The normalized spacial score (nSPS) is 11.7. The van der Waals surface area contributed by atoms with Crippen LogP contribution in [0, 0.1) is 5.92 Å². The van der Waals surface area contributed by atoms with Gasteiger partial charge < -0.3 is 16.4 Å². The van der Waals surface area contributed by atoms with Gasteiger partial charge in [-0.05, 0) is 24.3 Å². The lowest BCUT2D eigenvalue weighted by molar-refractivity contribution is -0.138. The maximum absolute atomic E-state index is 12.1. The van der Waals surface area contributed by atoms with Gasteiger partial charge in [-0.25, -0.2) is 0 Å². The van der Waals surface area contributed by atoms with Crippen LogP contribution in [0.5, 0.6) is 0 Å². The van der Waals surface area contributed by atoms with Crippen molar-refractivity contribution in [3.8, 4) is 0 Å². The van der Waals surface area contributed by atoms with Crippen LogP contribution in [-0.2, 0) is 20.8 Å². The molecule has 22 heavy (non-hydrogen) atoms. The number of carbonyl (C=O) groups is 3. The molecule has 6 heteroatoms. The van der Waals surface area contributed by atoms with Gasteiger partial charge in [0, 0.05) is 6.42 Å². The summed E-state index contributed by atoms with van der Waals surface area (Å²) in [6.45, 7) is 1.40. The van der Waals surface area contributed by atoms with Crippen molar-refractivity contribution in [3.05, 3.63) is 35.9 Å². The van der Waals surface area contributed by atoms with Crippen LogP contribution < -0.4 is 11.5 Å². The highest BCUT2D eigenvalue weighted by Crippen LogP contribution is 2.14. The number of nitrogens with zero attached hydrogens (tertiary/aromatic N) is 1. The minimum absolute atomic E-state index is 0.135. The Bertz CT molecular complexity index is 501. The highest BCUT2D eigenvalue weighted by atomic mass is 16.2. The second-order valence-corrected chi connectivity index (χ2v) is 5.52. The van der Waals surface area contributed by atoms with E-state index in [9.17, 15) is 14.4 Å². The third kappa shape index (κ3) is 6.88. The van der Waals surface area contributed by atoms with Crippen LogP contribution in [0.4, 0.5) is 0 Å². The average Bonchev–Trinajstić information content (AvgIpc) is 2.44. The fraction of sp³-hybridized carbons (Fsp3) is 0.438. The Hall–Kier alpha value is -2.37. The molecule has 0 aliphatic rings. The van der Waals surface area contributed by atoms with Crippen LogP contribution in [0.3, 0.4) is 0 Å². The molecule has 1 aromatic carbocycles. The Labute approximate surface area is 130 Å². The zero-order chi connectivity index (χ0) is 16.5. The Morgan fingerprint density at radius 2 is 1.59 bits per heavy atom. The molecule has 120 valence electrons.